The highest BCUT2D eigenvalue weighted by molar-refractivity contribution is 7.11. The molecule has 2 rings (SSSR count). The number of nitrogens with one attached hydrogen (secondary N) is 1. The Hall–Kier alpha value is -1.47. The first-order valence-corrected chi connectivity index (χ1v) is 6.97. The molecule has 1 atom stereocenters. The molecule has 6 nitrogen and oxygen atoms in total. The third-order valence-corrected chi connectivity index (χ3v) is 4.34. The molecular weight excluding hydrogens is 266 g/mol. The predicted octanol–water partition coefficient (Wildman–Crippen LogP) is 1.25. The maximum Gasteiger partial charge on any atom is 0.340 e. The number of hydrogen-bond donors (Lipinski definition) is 2. The number of aromatic carboxylic acids is 1. The van der Waals surface area contributed by atoms with E-state index in [-0.39, 0.29) is 17.5 Å². The van der Waals surface area contributed by atoms with Crippen molar-refractivity contribution in [2.24, 2.45) is 0 Å². The number of carbonyl (C=O) groups is 2. The number of carbonyl (C=O) groups excluding carboxylic acids is 1. The van der Waals surface area contributed by atoms with Crippen molar-refractivity contribution in [1.82, 2.24) is 9.69 Å². The van der Waals surface area contributed by atoms with Crippen molar-refractivity contribution in [1.29, 1.82) is 0 Å². The van der Waals surface area contributed by atoms with Crippen LogP contribution in [0.25, 0.3) is 0 Å². The Morgan fingerprint density at radius 3 is 2.89 bits per heavy atom. The first kappa shape index (κ1) is 14.0. The Morgan fingerprint density at radius 2 is 2.32 bits per heavy atom. The molecule has 0 radical (unpaired) electrons. The van der Waals surface area contributed by atoms with Crippen LogP contribution in [0.4, 0.5) is 5.00 Å². The van der Waals surface area contributed by atoms with Crippen LogP contribution in [0.3, 0.4) is 0 Å². The molecule has 104 valence electrons. The first-order valence-electron chi connectivity index (χ1n) is 6.20. The minimum atomic E-state index is -1.04. The van der Waals surface area contributed by atoms with Gasteiger partial charge in [0.05, 0.1) is 5.69 Å². The Kier molecular flexibility index (Phi) is 4.16. The lowest BCUT2D eigenvalue weighted by Gasteiger charge is -2.18. The van der Waals surface area contributed by atoms with E-state index in [9.17, 15) is 9.59 Å². The van der Waals surface area contributed by atoms with Crippen LogP contribution in [0.1, 0.15) is 35.3 Å². The highest BCUT2D eigenvalue weighted by Crippen LogP contribution is 2.28. The van der Waals surface area contributed by atoms with Crippen LogP contribution in [0.15, 0.2) is 0 Å². The number of amides is 1. The maximum atomic E-state index is 12.2. The molecule has 2 heterocycles. The number of aryl methyl sites for hydroxylation is 1. The van der Waals surface area contributed by atoms with Gasteiger partial charge in [0, 0.05) is 19.5 Å². The zero-order chi connectivity index (χ0) is 14.0. The Balaban J connectivity index is 2.12. The summed E-state index contributed by atoms with van der Waals surface area (Å²) in [4.78, 5) is 24.8. The maximum absolute atomic E-state index is 12.2. The number of nitrogens with zero attached hydrogens (tertiary/aromatic N) is 2. The Morgan fingerprint density at radius 1 is 1.58 bits per heavy atom. The summed E-state index contributed by atoms with van der Waals surface area (Å²) >= 11 is 1.05. The summed E-state index contributed by atoms with van der Waals surface area (Å²) < 4.78 is 4.02. The molecule has 19 heavy (non-hydrogen) atoms. The molecule has 1 aromatic heterocycles. The van der Waals surface area contributed by atoms with E-state index in [2.05, 4.69) is 9.69 Å². The molecule has 1 amide bonds. The molecular formula is C12H17N3O3S. The van der Waals surface area contributed by atoms with Crippen LogP contribution in [0, 0.1) is 6.92 Å². The first-order chi connectivity index (χ1) is 9.00. The average molecular weight is 283 g/mol. The molecule has 0 aromatic carbocycles. The van der Waals surface area contributed by atoms with E-state index in [0.29, 0.717) is 17.1 Å². The van der Waals surface area contributed by atoms with Crippen LogP contribution in [0.2, 0.25) is 0 Å². The van der Waals surface area contributed by atoms with Crippen molar-refractivity contribution in [3.8, 4) is 0 Å². The fraction of sp³-hybridized carbons (Fsp3) is 0.583. The van der Waals surface area contributed by atoms with Gasteiger partial charge in [0.25, 0.3) is 0 Å². The zero-order valence-electron chi connectivity index (χ0n) is 11.0. The summed E-state index contributed by atoms with van der Waals surface area (Å²) in [6.07, 6.45) is 2.47. The number of hydrogen-bond acceptors (Lipinski definition) is 5. The van der Waals surface area contributed by atoms with E-state index < -0.39 is 5.97 Å². The molecule has 0 bridgehead atoms. The lowest BCUT2D eigenvalue weighted by molar-refractivity contribution is -0.118. The molecule has 7 heteroatoms. The van der Waals surface area contributed by atoms with E-state index in [1.54, 1.807) is 14.0 Å². The third-order valence-electron chi connectivity index (χ3n) is 3.32. The van der Waals surface area contributed by atoms with Gasteiger partial charge >= 0.3 is 5.97 Å². The molecule has 1 aliphatic heterocycles. The van der Waals surface area contributed by atoms with Gasteiger partial charge in [-0.25, -0.2) is 4.79 Å². The van der Waals surface area contributed by atoms with Crippen LogP contribution in [0.5, 0.6) is 0 Å². The lowest BCUT2D eigenvalue weighted by atomic mass is 10.1. The van der Waals surface area contributed by atoms with Crippen LogP contribution in [-0.2, 0) is 4.79 Å². The van der Waals surface area contributed by atoms with E-state index in [0.717, 1.165) is 30.9 Å². The molecule has 1 saturated heterocycles. The van der Waals surface area contributed by atoms with Gasteiger partial charge in [0.15, 0.2) is 0 Å². The van der Waals surface area contributed by atoms with Gasteiger partial charge in [0.2, 0.25) is 5.91 Å². The lowest BCUT2D eigenvalue weighted by Crippen LogP contribution is -2.33. The number of aromatic nitrogens is 1. The zero-order valence-corrected chi connectivity index (χ0v) is 11.8. The summed E-state index contributed by atoms with van der Waals surface area (Å²) in [6.45, 7) is 2.59. The van der Waals surface area contributed by atoms with Crippen molar-refractivity contribution in [3.05, 3.63) is 11.3 Å². The van der Waals surface area contributed by atoms with Gasteiger partial charge in [-0.2, -0.15) is 4.37 Å². The van der Waals surface area contributed by atoms with Gasteiger partial charge in [-0.15, -0.1) is 0 Å². The molecule has 2 N–H and O–H groups in total. The van der Waals surface area contributed by atoms with Crippen LogP contribution < -0.4 is 10.2 Å². The fourth-order valence-electron chi connectivity index (χ4n) is 2.22. The second-order valence-electron chi connectivity index (χ2n) is 4.70. The number of rotatable bonds is 4. The Labute approximate surface area is 115 Å². The molecule has 0 saturated carbocycles. The monoisotopic (exact) mass is 283 g/mol. The number of carboxylic acid groups (broad SMARTS) is 1. The highest BCUT2D eigenvalue weighted by Gasteiger charge is 2.26. The molecule has 1 fully saturated rings. The molecule has 1 aliphatic rings. The van der Waals surface area contributed by atoms with Crippen molar-refractivity contribution in [2.45, 2.75) is 32.2 Å². The SMILES string of the molecule is Cc1nsc(N(C)C(=O)CC2CCCN2)c1C(=O)O. The summed E-state index contributed by atoms with van der Waals surface area (Å²) in [5.41, 5.74) is 0.575. The minimum absolute atomic E-state index is 0.0782. The topological polar surface area (TPSA) is 82.5 Å². The Bertz CT molecular complexity index is 494. The van der Waals surface area contributed by atoms with Crippen LogP contribution >= 0.6 is 11.5 Å². The van der Waals surface area contributed by atoms with Gasteiger partial charge < -0.3 is 15.3 Å². The second kappa shape index (κ2) is 5.66. The molecule has 0 spiro atoms. The predicted molar refractivity (Wildman–Crippen MR) is 72.9 cm³/mol. The van der Waals surface area contributed by atoms with Crippen molar-refractivity contribution < 1.29 is 14.7 Å². The van der Waals surface area contributed by atoms with Gasteiger partial charge in [0.1, 0.15) is 10.6 Å². The van der Waals surface area contributed by atoms with Crippen molar-refractivity contribution in [3.63, 3.8) is 0 Å². The van der Waals surface area contributed by atoms with E-state index in [4.69, 9.17) is 5.11 Å². The summed E-state index contributed by atoms with van der Waals surface area (Å²) in [6, 6.07) is 0.206. The van der Waals surface area contributed by atoms with E-state index >= 15 is 0 Å². The molecule has 1 aromatic rings. The summed E-state index contributed by atoms with van der Waals surface area (Å²) in [7, 11) is 1.61. The smallest absolute Gasteiger partial charge is 0.340 e. The normalized spacial score (nSPS) is 18.5. The van der Waals surface area contributed by atoms with Crippen molar-refractivity contribution >= 4 is 28.4 Å². The van der Waals surface area contributed by atoms with Crippen molar-refractivity contribution in [2.75, 3.05) is 18.5 Å². The van der Waals surface area contributed by atoms with E-state index in [1.807, 2.05) is 0 Å². The average Bonchev–Trinajstić information content (AvgIpc) is 2.97. The standard InChI is InChI=1S/C12H17N3O3S/c1-7-10(12(17)18)11(19-14-7)15(2)9(16)6-8-4-3-5-13-8/h8,13H,3-6H2,1-2H3,(H,17,18). The molecule has 1 unspecified atom stereocenters. The quantitative estimate of drug-likeness (QED) is 0.869. The second-order valence-corrected chi connectivity index (χ2v) is 5.46. The summed E-state index contributed by atoms with van der Waals surface area (Å²) in [5.74, 6) is -1.12. The largest absolute Gasteiger partial charge is 0.478 e. The minimum Gasteiger partial charge on any atom is -0.478 e. The van der Waals surface area contributed by atoms with Crippen LogP contribution in [-0.4, -0.2) is 41.0 Å². The highest BCUT2D eigenvalue weighted by atomic mass is 32.1. The number of anilines is 1. The molecule has 0 aliphatic carbocycles. The fourth-order valence-corrected chi connectivity index (χ4v) is 3.09. The van der Waals surface area contributed by atoms with Gasteiger partial charge in [-0.05, 0) is 37.8 Å². The number of carboxylic acids is 1. The van der Waals surface area contributed by atoms with Gasteiger partial charge in [-0.3, -0.25) is 4.79 Å². The van der Waals surface area contributed by atoms with Gasteiger partial charge in [-0.1, -0.05) is 0 Å². The van der Waals surface area contributed by atoms with E-state index in [1.165, 1.54) is 4.90 Å². The third kappa shape index (κ3) is 2.93. The summed E-state index contributed by atoms with van der Waals surface area (Å²) in [5, 5.41) is 12.8.